The molecule has 0 radical (unpaired) electrons. The van der Waals surface area contributed by atoms with Crippen molar-refractivity contribution in [3.05, 3.63) is 0 Å². The molecule has 0 atom stereocenters. The van der Waals surface area contributed by atoms with E-state index < -0.39 is 0 Å². The number of rotatable bonds is 3. The molecule has 0 aromatic rings. The molecule has 0 unspecified atom stereocenters. The van der Waals surface area contributed by atoms with Crippen molar-refractivity contribution in [3.63, 3.8) is 0 Å². The second-order valence-electron chi connectivity index (χ2n) is 4.48. The van der Waals surface area contributed by atoms with Crippen molar-refractivity contribution >= 4 is 17.7 Å². The van der Waals surface area contributed by atoms with Crippen LogP contribution in [-0.4, -0.2) is 61.8 Å². The zero-order chi connectivity index (χ0) is 11.4. The van der Waals surface area contributed by atoms with E-state index in [1.165, 1.54) is 0 Å². The van der Waals surface area contributed by atoms with E-state index in [-0.39, 0.29) is 0 Å². The Hall–Kier alpha value is -0.420. The quantitative estimate of drug-likeness (QED) is 0.795. The Morgan fingerprint density at radius 1 is 1.50 bits per heavy atom. The van der Waals surface area contributed by atoms with Gasteiger partial charge in [-0.2, -0.15) is 11.8 Å². The highest BCUT2D eigenvalue weighted by molar-refractivity contribution is 8.00. The summed E-state index contributed by atoms with van der Waals surface area (Å²) >= 11 is 1.96. The van der Waals surface area contributed by atoms with Gasteiger partial charge in [-0.15, -0.1) is 0 Å². The van der Waals surface area contributed by atoms with Crippen molar-refractivity contribution in [1.29, 1.82) is 0 Å². The van der Waals surface area contributed by atoms with E-state index in [1.807, 2.05) is 11.8 Å². The van der Waals surface area contributed by atoms with Crippen molar-refractivity contribution < 1.29 is 4.74 Å². The summed E-state index contributed by atoms with van der Waals surface area (Å²) in [5.41, 5.74) is 0. The molecule has 1 N–H and O–H groups in total. The van der Waals surface area contributed by atoms with Crippen LogP contribution in [0.25, 0.3) is 0 Å². The second kappa shape index (κ2) is 5.27. The average Bonchev–Trinajstić information content (AvgIpc) is 2.74. The highest BCUT2D eigenvalue weighted by Crippen LogP contribution is 2.33. The summed E-state index contributed by atoms with van der Waals surface area (Å²) in [4.78, 5) is 6.65. The van der Waals surface area contributed by atoms with Gasteiger partial charge in [-0.05, 0) is 19.1 Å². The molecule has 1 saturated heterocycles. The van der Waals surface area contributed by atoms with Gasteiger partial charge in [0.05, 0.1) is 6.54 Å². The zero-order valence-electron chi connectivity index (χ0n) is 10.2. The number of likely N-dealkylation sites (N-methyl/N-ethyl adjacent to an activating group) is 1. The molecule has 16 heavy (non-hydrogen) atoms. The molecule has 0 spiro atoms. The summed E-state index contributed by atoms with van der Waals surface area (Å²) in [6.45, 7) is 4.75. The minimum atomic E-state index is 0.338. The van der Waals surface area contributed by atoms with E-state index >= 15 is 0 Å². The van der Waals surface area contributed by atoms with Crippen molar-refractivity contribution in [2.45, 2.75) is 17.6 Å². The smallest absolute Gasteiger partial charge is 0.193 e. The largest absolute Gasteiger partial charge is 0.381 e. The summed E-state index contributed by atoms with van der Waals surface area (Å²) in [6.07, 6.45) is 4.48. The van der Waals surface area contributed by atoms with E-state index in [0.717, 1.165) is 51.6 Å². The molecule has 0 amide bonds. The summed E-state index contributed by atoms with van der Waals surface area (Å²) in [5.74, 6) is 1.06. The third-order valence-electron chi connectivity index (χ3n) is 3.46. The van der Waals surface area contributed by atoms with Gasteiger partial charge in [0.25, 0.3) is 0 Å². The van der Waals surface area contributed by atoms with Crippen molar-refractivity contribution in [2.24, 2.45) is 4.99 Å². The lowest BCUT2D eigenvalue weighted by atomic mass is 9.99. The molecule has 0 aliphatic carbocycles. The predicted molar refractivity (Wildman–Crippen MR) is 69.2 cm³/mol. The van der Waals surface area contributed by atoms with Gasteiger partial charge in [0.1, 0.15) is 0 Å². The summed E-state index contributed by atoms with van der Waals surface area (Å²) in [5, 5.41) is 3.49. The molecule has 2 aliphatic rings. The summed E-state index contributed by atoms with van der Waals surface area (Å²) in [7, 11) is 2.09. The van der Waals surface area contributed by atoms with Crippen LogP contribution >= 0.6 is 11.8 Å². The van der Waals surface area contributed by atoms with E-state index in [9.17, 15) is 0 Å². The Morgan fingerprint density at radius 2 is 2.25 bits per heavy atom. The third kappa shape index (κ3) is 2.63. The minimum absolute atomic E-state index is 0.338. The average molecular weight is 243 g/mol. The van der Waals surface area contributed by atoms with Crippen molar-refractivity contribution in [3.8, 4) is 0 Å². The Balaban J connectivity index is 1.87. The fourth-order valence-electron chi connectivity index (χ4n) is 2.16. The van der Waals surface area contributed by atoms with Gasteiger partial charge in [-0.3, -0.25) is 4.99 Å². The molecule has 5 heteroatoms. The first-order chi connectivity index (χ1) is 7.76. The molecule has 2 heterocycles. The SMILES string of the molecule is CSC1(CNC2=NCCN2C)CCOCC1. The Bertz CT molecular complexity index is 264. The molecule has 1 fully saturated rings. The highest BCUT2D eigenvalue weighted by atomic mass is 32.2. The molecule has 0 saturated carbocycles. The number of nitrogens with one attached hydrogen (secondary N) is 1. The lowest BCUT2D eigenvalue weighted by Crippen LogP contribution is -2.47. The number of hydrogen-bond donors (Lipinski definition) is 1. The molecule has 4 nitrogen and oxygen atoms in total. The number of nitrogens with zero attached hydrogens (tertiary/aromatic N) is 2. The molecule has 0 bridgehead atoms. The standard InChI is InChI=1S/C11H21N3OS/c1-14-6-5-12-10(14)13-9-11(16-2)3-7-15-8-4-11/h3-9H2,1-2H3,(H,12,13). The van der Waals surface area contributed by atoms with E-state index in [1.54, 1.807) is 0 Å². The first-order valence-electron chi connectivity index (χ1n) is 5.88. The van der Waals surface area contributed by atoms with Crippen LogP contribution in [0, 0.1) is 0 Å². The van der Waals surface area contributed by atoms with Crippen LogP contribution in [0.1, 0.15) is 12.8 Å². The number of aliphatic imine (C=N–C) groups is 1. The molecule has 2 aliphatic heterocycles. The Kier molecular flexibility index (Phi) is 3.97. The van der Waals surface area contributed by atoms with Gasteiger partial charge in [-0.25, -0.2) is 0 Å². The Morgan fingerprint density at radius 3 is 2.81 bits per heavy atom. The molecular weight excluding hydrogens is 222 g/mol. The highest BCUT2D eigenvalue weighted by Gasteiger charge is 2.32. The summed E-state index contributed by atoms with van der Waals surface area (Å²) < 4.78 is 5.78. The van der Waals surface area contributed by atoms with E-state index in [2.05, 4.69) is 28.5 Å². The maximum atomic E-state index is 5.44. The first kappa shape index (κ1) is 12.0. The topological polar surface area (TPSA) is 36.9 Å². The number of guanidine groups is 1. The van der Waals surface area contributed by atoms with Gasteiger partial charge in [0, 0.05) is 38.1 Å². The molecular formula is C11H21N3OS. The third-order valence-corrected chi connectivity index (χ3v) is 4.88. The van der Waals surface area contributed by atoms with Crippen LogP contribution in [0.2, 0.25) is 0 Å². The van der Waals surface area contributed by atoms with Crippen molar-refractivity contribution in [2.75, 3.05) is 46.2 Å². The monoisotopic (exact) mass is 243 g/mol. The summed E-state index contributed by atoms with van der Waals surface area (Å²) in [6, 6.07) is 0. The molecule has 0 aromatic heterocycles. The number of hydrogen-bond acceptors (Lipinski definition) is 5. The zero-order valence-corrected chi connectivity index (χ0v) is 11.0. The maximum Gasteiger partial charge on any atom is 0.193 e. The van der Waals surface area contributed by atoms with Gasteiger partial charge in [-0.1, -0.05) is 0 Å². The van der Waals surface area contributed by atoms with Gasteiger partial charge in [0.2, 0.25) is 0 Å². The molecule has 92 valence electrons. The van der Waals surface area contributed by atoms with Crippen LogP contribution < -0.4 is 5.32 Å². The van der Waals surface area contributed by atoms with Gasteiger partial charge >= 0.3 is 0 Å². The Labute approximate surface area is 102 Å². The maximum absolute atomic E-state index is 5.44. The van der Waals surface area contributed by atoms with Crippen LogP contribution in [-0.2, 0) is 4.74 Å². The van der Waals surface area contributed by atoms with Crippen LogP contribution in [0.15, 0.2) is 4.99 Å². The minimum Gasteiger partial charge on any atom is -0.381 e. The van der Waals surface area contributed by atoms with Gasteiger partial charge < -0.3 is 15.0 Å². The number of thioether (sulfide) groups is 1. The van der Waals surface area contributed by atoms with Crippen LogP contribution in [0.5, 0.6) is 0 Å². The fraction of sp³-hybridized carbons (Fsp3) is 0.909. The fourth-order valence-corrected chi connectivity index (χ4v) is 2.95. The van der Waals surface area contributed by atoms with E-state index in [4.69, 9.17) is 4.74 Å². The van der Waals surface area contributed by atoms with Crippen molar-refractivity contribution in [1.82, 2.24) is 10.2 Å². The molecule has 0 aromatic carbocycles. The first-order valence-corrected chi connectivity index (χ1v) is 7.11. The lowest BCUT2D eigenvalue weighted by molar-refractivity contribution is 0.0782. The number of ether oxygens (including phenoxy) is 1. The lowest BCUT2D eigenvalue weighted by Gasteiger charge is -2.36. The second-order valence-corrected chi connectivity index (χ2v) is 5.75. The van der Waals surface area contributed by atoms with Gasteiger partial charge in [0.15, 0.2) is 5.96 Å². The van der Waals surface area contributed by atoms with E-state index in [0.29, 0.717) is 4.75 Å². The molecule has 2 rings (SSSR count). The van der Waals surface area contributed by atoms with Crippen LogP contribution in [0.4, 0.5) is 0 Å². The normalized spacial score (nSPS) is 24.4. The predicted octanol–water partition coefficient (Wildman–Crippen LogP) is 0.790. The van der Waals surface area contributed by atoms with Crippen LogP contribution in [0.3, 0.4) is 0 Å².